The van der Waals surface area contributed by atoms with Crippen molar-refractivity contribution in [3.05, 3.63) is 24.5 Å². The molecular weight excluding hydrogens is 303 g/mol. The highest BCUT2D eigenvalue weighted by molar-refractivity contribution is 7.89. The number of hydrogen-bond acceptors (Lipinski definition) is 5. The molecule has 0 radical (unpaired) electrons. The van der Waals surface area contributed by atoms with E-state index >= 15 is 0 Å². The number of carbonyl (C=O) groups excluding carboxylic acids is 1. The number of rotatable bonds is 3. The van der Waals surface area contributed by atoms with Gasteiger partial charge in [0.25, 0.3) is 10.0 Å². The van der Waals surface area contributed by atoms with Gasteiger partial charge in [0.05, 0.1) is 22.3 Å². The van der Waals surface area contributed by atoms with E-state index in [4.69, 9.17) is 0 Å². The molecule has 1 heterocycles. The molecule has 0 amide bonds. The van der Waals surface area contributed by atoms with Crippen LogP contribution in [-0.4, -0.2) is 30.5 Å². The van der Waals surface area contributed by atoms with Gasteiger partial charge in [0.1, 0.15) is 0 Å². The normalized spacial score (nSPS) is 12.6. The quantitative estimate of drug-likeness (QED) is 0.819. The molecule has 0 aliphatic heterocycles. The van der Waals surface area contributed by atoms with Crippen LogP contribution in [-0.2, 0) is 19.7 Å². The molecule has 0 fully saturated rings. The van der Waals surface area contributed by atoms with Crippen LogP contribution in [0, 0.1) is 0 Å². The summed E-state index contributed by atoms with van der Waals surface area (Å²) < 4.78 is 58.9. The number of hydrogen-bond donors (Lipinski definition) is 2. The summed E-state index contributed by atoms with van der Waals surface area (Å²) in [7, 11) is -4.43. The van der Waals surface area contributed by atoms with Crippen molar-refractivity contribution in [1.29, 1.82) is 0 Å². The van der Waals surface area contributed by atoms with Crippen molar-refractivity contribution in [2.45, 2.75) is 11.1 Å². The van der Waals surface area contributed by atoms with Gasteiger partial charge in [-0.1, -0.05) is 0 Å². The van der Waals surface area contributed by atoms with Crippen LogP contribution in [0.2, 0.25) is 0 Å². The average Bonchev–Trinajstić information content (AvgIpc) is 2.81. The first kappa shape index (κ1) is 14.3. The highest BCUT2D eigenvalue weighted by Crippen LogP contribution is 2.18. The predicted molar refractivity (Wildman–Crippen MR) is 58.6 cm³/mol. The molecule has 1 aromatic heterocycles. The lowest BCUT2D eigenvalue weighted by Crippen LogP contribution is -2.34. The number of H-pyrrole nitrogens is 1. The summed E-state index contributed by atoms with van der Waals surface area (Å²) in [6.45, 7) is 0. The number of halogens is 3. The van der Waals surface area contributed by atoms with E-state index < -0.39 is 22.2 Å². The Morgan fingerprint density at radius 3 is 2.70 bits per heavy atom. The monoisotopic (exact) mass is 309 g/mol. The predicted octanol–water partition coefficient (Wildman–Crippen LogP) is 0.862. The lowest BCUT2D eigenvalue weighted by molar-refractivity contribution is -0.203. The van der Waals surface area contributed by atoms with E-state index in [1.54, 1.807) is 0 Å². The summed E-state index contributed by atoms with van der Waals surface area (Å²) in [5.41, 5.74) is 0.825. The largest absolute Gasteiger partial charge is 0.492 e. The third-order valence-corrected chi connectivity index (χ3v) is 3.35. The highest BCUT2D eigenvalue weighted by atomic mass is 32.2. The van der Waals surface area contributed by atoms with E-state index in [0.29, 0.717) is 11.0 Å². The zero-order valence-corrected chi connectivity index (χ0v) is 10.2. The van der Waals surface area contributed by atoms with Crippen molar-refractivity contribution in [1.82, 2.24) is 14.9 Å². The molecule has 0 bridgehead atoms. The summed E-state index contributed by atoms with van der Waals surface area (Å²) in [6, 6.07) is 3.57. The van der Waals surface area contributed by atoms with Gasteiger partial charge >= 0.3 is 12.1 Å². The number of carbonyl (C=O) groups is 1. The van der Waals surface area contributed by atoms with Crippen LogP contribution in [0.3, 0.4) is 0 Å². The third kappa shape index (κ3) is 2.88. The number of aromatic nitrogens is 2. The van der Waals surface area contributed by atoms with E-state index in [-0.39, 0.29) is 4.90 Å². The molecule has 0 unspecified atom stereocenters. The first-order valence-corrected chi connectivity index (χ1v) is 6.41. The lowest BCUT2D eigenvalue weighted by atomic mass is 10.3. The van der Waals surface area contributed by atoms with Crippen LogP contribution in [0.15, 0.2) is 29.4 Å². The summed E-state index contributed by atoms with van der Waals surface area (Å²) in [6.07, 6.45) is -3.98. The zero-order chi connectivity index (χ0) is 15.0. The summed E-state index contributed by atoms with van der Waals surface area (Å²) in [4.78, 5) is 21.1. The molecule has 2 rings (SSSR count). The average molecular weight is 309 g/mol. The van der Waals surface area contributed by atoms with Crippen LogP contribution in [0.1, 0.15) is 0 Å². The first-order chi connectivity index (χ1) is 9.20. The van der Waals surface area contributed by atoms with Crippen molar-refractivity contribution in [3.63, 3.8) is 0 Å². The van der Waals surface area contributed by atoms with Crippen LogP contribution < -0.4 is 4.89 Å². The number of sulfonamides is 1. The van der Waals surface area contributed by atoms with Gasteiger partial charge in [-0.3, -0.25) is 0 Å². The fourth-order valence-corrected chi connectivity index (χ4v) is 2.08. The third-order valence-electron chi connectivity index (χ3n) is 2.18. The second kappa shape index (κ2) is 4.76. The number of aromatic amines is 1. The Bertz CT molecular complexity index is 753. The number of imidazole rings is 1. The molecule has 0 aliphatic carbocycles. The van der Waals surface area contributed by atoms with Gasteiger partial charge in [0.2, 0.25) is 0 Å². The van der Waals surface area contributed by atoms with E-state index in [2.05, 4.69) is 14.8 Å². The Kier molecular flexibility index (Phi) is 3.39. The van der Waals surface area contributed by atoms with E-state index in [1.165, 1.54) is 12.4 Å². The molecule has 1 aromatic carbocycles. The minimum Gasteiger partial charge on any atom is -0.348 e. The molecule has 0 saturated carbocycles. The SMILES string of the molecule is O=C(ONS(=O)(=O)c1ccc2nc[nH]c2c1)C(F)(F)F. The first-order valence-electron chi connectivity index (χ1n) is 4.93. The minimum atomic E-state index is -5.30. The Morgan fingerprint density at radius 2 is 2.05 bits per heavy atom. The van der Waals surface area contributed by atoms with Gasteiger partial charge in [0, 0.05) is 0 Å². The smallest absolute Gasteiger partial charge is 0.348 e. The number of nitrogens with zero attached hydrogens (tertiary/aromatic N) is 1. The van der Waals surface area contributed by atoms with Crippen molar-refractivity contribution >= 4 is 27.0 Å². The lowest BCUT2D eigenvalue weighted by Gasteiger charge is -2.08. The second-order valence-corrected chi connectivity index (χ2v) is 5.20. The molecule has 0 aliphatic rings. The van der Waals surface area contributed by atoms with Gasteiger partial charge in [-0.2, -0.15) is 13.2 Å². The topological polar surface area (TPSA) is 101 Å². The van der Waals surface area contributed by atoms with Gasteiger partial charge in [-0.25, -0.2) is 18.2 Å². The molecule has 20 heavy (non-hydrogen) atoms. The molecule has 108 valence electrons. The zero-order valence-electron chi connectivity index (χ0n) is 9.43. The molecule has 2 N–H and O–H groups in total. The number of benzene rings is 1. The Hall–Kier alpha value is -2.14. The number of fused-ring (bicyclic) bond motifs is 1. The van der Waals surface area contributed by atoms with Gasteiger partial charge in [-0.05, 0) is 23.1 Å². The number of alkyl halides is 3. The van der Waals surface area contributed by atoms with Crippen molar-refractivity contribution < 1.29 is 31.2 Å². The van der Waals surface area contributed by atoms with E-state index in [9.17, 15) is 26.4 Å². The Balaban J connectivity index is 2.20. The van der Waals surface area contributed by atoms with Crippen LogP contribution in [0.25, 0.3) is 11.0 Å². The van der Waals surface area contributed by atoms with Gasteiger partial charge in [-0.15, -0.1) is 0 Å². The van der Waals surface area contributed by atoms with Gasteiger partial charge < -0.3 is 9.82 Å². The molecule has 7 nitrogen and oxygen atoms in total. The standard InChI is InChI=1S/C9H6F3N3O4S/c10-9(11,12)8(16)19-15-20(17,18)5-1-2-6-7(3-5)14-4-13-6/h1-4,15H,(H,13,14). The Labute approximate surface area is 109 Å². The maximum atomic E-state index is 11.9. The molecule has 0 atom stereocenters. The van der Waals surface area contributed by atoms with Crippen LogP contribution in [0.5, 0.6) is 0 Å². The van der Waals surface area contributed by atoms with Gasteiger partial charge in [0.15, 0.2) is 0 Å². The summed E-state index contributed by atoms with van der Waals surface area (Å²) in [5, 5.41) is 0. The summed E-state index contributed by atoms with van der Waals surface area (Å²) in [5.74, 6) is -2.66. The highest BCUT2D eigenvalue weighted by Gasteiger charge is 2.42. The second-order valence-electron chi connectivity index (χ2n) is 3.56. The van der Waals surface area contributed by atoms with Crippen molar-refractivity contribution in [2.75, 3.05) is 0 Å². The fraction of sp³-hybridized carbons (Fsp3) is 0.111. The maximum absolute atomic E-state index is 11.9. The molecule has 11 heteroatoms. The molecule has 2 aromatic rings. The van der Waals surface area contributed by atoms with E-state index in [0.717, 1.165) is 17.0 Å². The van der Waals surface area contributed by atoms with Crippen molar-refractivity contribution in [3.8, 4) is 0 Å². The molecular formula is C9H6F3N3O4S. The van der Waals surface area contributed by atoms with E-state index in [1.807, 2.05) is 0 Å². The Morgan fingerprint density at radius 1 is 1.35 bits per heavy atom. The molecule has 0 spiro atoms. The molecule has 0 saturated heterocycles. The maximum Gasteiger partial charge on any atom is 0.492 e. The minimum absolute atomic E-state index is 0.357. The van der Waals surface area contributed by atoms with Crippen molar-refractivity contribution in [2.24, 2.45) is 0 Å². The summed E-state index contributed by atoms with van der Waals surface area (Å²) >= 11 is 0. The fourth-order valence-electron chi connectivity index (χ4n) is 1.28. The van der Waals surface area contributed by atoms with Crippen LogP contribution in [0.4, 0.5) is 13.2 Å². The number of nitrogens with one attached hydrogen (secondary N) is 2. The van der Waals surface area contributed by atoms with Crippen LogP contribution >= 0.6 is 0 Å².